The van der Waals surface area contributed by atoms with E-state index in [-0.39, 0.29) is 47.7 Å². The van der Waals surface area contributed by atoms with Crippen molar-refractivity contribution in [2.45, 2.75) is 50.9 Å². The van der Waals surface area contributed by atoms with Gasteiger partial charge in [0.15, 0.2) is 23.0 Å². The summed E-state index contributed by atoms with van der Waals surface area (Å²) in [6.07, 6.45) is 1.48. The van der Waals surface area contributed by atoms with Gasteiger partial charge in [-0.1, -0.05) is 0 Å². The molecule has 3 atom stereocenters. The number of ether oxygens (including phenoxy) is 3. The predicted octanol–water partition coefficient (Wildman–Crippen LogP) is 2.78. The van der Waals surface area contributed by atoms with Crippen molar-refractivity contribution in [3.05, 3.63) is 29.7 Å². The van der Waals surface area contributed by atoms with Crippen molar-refractivity contribution in [2.24, 2.45) is 11.7 Å². The summed E-state index contributed by atoms with van der Waals surface area (Å²) >= 11 is 0. The minimum absolute atomic E-state index is 0.00874. The zero-order valence-electron chi connectivity index (χ0n) is 22.7. The number of methoxy groups -OCH3 is 1. The quantitative estimate of drug-likeness (QED) is 0.443. The highest BCUT2D eigenvalue weighted by atomic mass is 19.3. The zero-order chi connectivity index (χ0) is 29.1. The number of hydrogen-bond acceptors (Lipinski definition) is 9. The van der Waals surface area contributed by atoms with E-state index in [1.54, 1.807) is 21.0 Å². The second-order valence-electron chi connectivity index (χ2n) is 10.1. The molecular weight excluding hydrogens is 532 g/mol. The molecule has 40 heavy (non-hydrogen) atoms. The molecule has 2 heterocycles. The van der Waals surface area contributed by atoms with E-state index in [9.17, 15) is 23.2 Å². The normalized spacial score (nSPS) is 19.4. The molecule has 1 saturated carbocycles. The average Bonchev–Trinajstić information content (AvgIpc) is 3.47. The first kappa shape index (κ1) is 29.1. The van der Waals surface area contributed by atoms with Crippen molar-refractivity contribution >= 4 is 17.9 Å². The number of likely N-dealkylation sites (N-methyl/N-ethyl adjacent to an activating group) is 1. The number of benzene rings is 1. The Morgan fingerprint density at radius 1 is 1.25 bits per heavy atom. The van der Waals surface area contributed by atoms with Gasteiger partial charge in [-0.3, -0.25) is 9.59 Å². The van der Waals surface area contributed by atoms with E-state index < -0.39 is 36.7 Å². The van der Waals surface area contributed by atoms with Gasteiger partial charge in [-0.15, -0.1) is 0 Å². The van der Waals surface area contributed by atoms with Gasteiger partial charge in [-0.2, -0.15) is 8.78 Å². The van der Waals surface area contributed by atoms with E-state index in [1.165, 1.54) is 35.1 Å². The number of amides is 3. The first-order valence-corrected chi connectivity index (χ1v) is 12.8. The second kappa shape index (κ2) is 12.1. The molecule has 2 aromatic rings. The average molecular weight is 566 g/mol. The topological polar surface area (TPSA) is 149 Å². The fourth-order valence-corrected chi connectivity index (χ4v) is 4.42. The van der Waals surface area contributed by atoms with E-state index in [1.807, 2.05) is 0 Å². The third-order valence-electron chi connectivity index (χ3n) is 6.64. The van der Waals surface area contributed by atoms with Crippen molar-refractivity contribution in [3.63, 3.8) is 0 Å². The highest BCUT2D eigenvalue weighted by Gasteiger charge is 2.43. The van der Waals surface area contributed by atoms with Crippen molar-refractivity contribution in [1.82, 2.24) is 20.1 Å². The lowest BCUT2D eigenvalue weighted by Gasteiger charge is -2.25. The standard InChI is InChI=1S/C26H33F2N5O7/c1-13(29)21-20(24(35)33-11-16(30-26(36)37-4)10-17(33)23(34)32(2)3)31-22(40-21)15-7-8-18(39-25(27)28)19(9-15)38-12-14-5-6-14/h7-9,13-14,16-17,25H,5-6,10-12,29H2,1-4H3,(H,30,36)/t13-,16+,17-/m0/s1. The Labute approximate surface area is 229 Å². The fourth-order valence-electron chi connectivity index (χ4n) is 4.42. The number of likely N-dealkylation sites (tertiary alicyclic amines) is 1. The van der Waals surface area contributed by atoms with E-state index in [4.69, 9.17) is 14.9 Å². The summed E-state index contributed by atoms with van der Waals surface area (Å²) < 4.78 is 46.8. The van der Waals surface area contributed by atoms with Crippen LogP contribution in [0.5, 0.6) is 11.5 Å². The summed E-state index contributed by atoms with van der Waals surface area (Å²) in [5.74, 6) is -0.551. The van der Waals surface area contributed by atoms with Gasteiger partial charge in [0.25, 0.3) is 5.91 Å². The van der Waals surface area contributed by atoms with E-state index in [0.29, 0.717) is 18.1 Å². The number of hydrogen-bond donors (Lipinski definition) is 2. The molecule has 1 aliphatic carbocycles. The van der Waals surface area contributed by atoms with Crippen LogP contribution in [-0.4, -0.2) is 85.7 Å². The zero-order valence-corrected chi connectivity index (χ0v) is 22.7. The van der Waals surface area contributed by atoms with Gasteiger partial charge in [-0.25, -0.2) is 9.78 Å². The molecule has 3 amide bonds. The maximum Gasteiger partial charge on any atom is 0.407 e. The molecule has 2 aliphatic rings. The number of oxazole rings is 1. The van der Waals surface area contributed by atoms with Crippen molar-refractivity contribution in [2.75, 3.05) is 34.4 Å². The van der Waals surface area contributed by atoms with Crippen LogP contribution in [0.3, 0.4) is 0 Å². The molecule has 4 rings (SSSR count). The maximum atomic E-state index is 13.8. The summed E-state index contributed by atoms with van der Waals surface area (Å²) in [5.41, 5.74) is 6.36. The Balaban J connectivity index is 1.66. The van der Waals surface area contributed by atoms with Crippen molar-refractivity contribution in [3.8, 4) is 23.0 Å². The number of carbonyl (C=O) groups excluding carboxylic acids is 3. The summed E-state index contributed by atoms with van der Waals surface area (Å²) in [7, 11) is 4.35. The van der Waals surface area contributed by atoms with Crippen LogP contribution in [0.25, 0.3) is 11.5 Å². The summed E-state index contributed by atoms with van der Waals surface area (Å²) in [4.78, 5) is 45.6. The molecule has 1 aromatic carbocycles. The van der Waals surface area contributed by atoms with Gasteiger partial charge in [0.2, 0.25) is 11.8 Å². The third kappa shape index (κ3) is 6.61. The number of nitrogens with one attached hydrogen (secondary N) is 1. The smallest absolute Gasteiger partial charge is 0.407 e. The summed E-state index contributed by atoms with van der Waals surface area (Å²) in [5, 5.41) is 2.63. The van der Waals surface area contributed by atoms with Gasteiger partial charge in [0.05, 0.1) is 25.8 Å². The fraction of sp³-hybridized carbons (Fsp3) is 0.538. The lowest BCUT2D eigenvalue weighted by molar-refractivity contribution is -0.132. The number of alkyl halides is 2. The molecule has 1 aliphatic heterocycles. The molecular formula is C26H33F2N5O7. The molecule has 0 spiro atoms. The van der Waals surface area contributed by atoms with Gasteiger partial charge < -0.3 is 39.5 Å². The first-order chi connectivity index (χ1) is 19.0. The van der Waals surface area contributed by atoms with Crippen molar-refractivity contribution in [1.29, 1.82) is 0 Å². The van der Waals surface area contributed by atoms with Crippen LogP contribution in [0.15, 0.2) is 22.6 Å². The summed E-state index contributed by atoms with van der Waals surface area (Å²) in [6, 6.07) is 2.06. The Morgan fingerprint density at radius 2 is 1.98 bits per heavy atom. The van der Waals surface area contributed by atoms with Crippen LogP contribution in [0.1, 0.15) is 48.5 Å². The highest BCUT2D eigenvalue weighted by molar-refractivity contribution is 5.98. The van der Waals surface area contributed by atoms with Gasteiger partial charge >= 0.3 is 12.7 Å². The van der Waals surface area contributed by atoms with E-state index >= 15 is 0 Å². The Bertz CT molecular complexity index is 1250. The number of nitrogens with zero attached hydrogens (tertiary/aromatic N) is 3. The Kier molecular flexibility index (Phi) is 8.76. The van der Waals surface area contributed by atoms with Crippen molar-refractivity contribution < 1.29 is 41.8 Å². The number of nitrogens with two attached hydrogens (primary N) is 1. The maximum absolute atomic E-state index is 13.8. The number of alkyl carbamates (subject to hydrolysis) is 1. The van der Waals surface area contributed by atoms with Crippen LogP contribution in [0, 0.1) is 5.92 Å². The highest BCUT2D eigenvalue weighted by Crippen LogP contribution is 2.37. The SMILES string of the molecule is COC(=O)N[C@@H]1C[C@@H](C(=O)N(C)C)N(C(=O)c2nc(-c3ccc(OC(F)F)c(OCC4CC4)c3)oc2[C@H](C)N)C1. The van der Waals surface area contributed by atoms with Gasteiger partial charge in [0.1, 0.15) is 6.04 Å². The summed E-state index contributed by atoms with van der Waals surface area (Å²) in [6.45, 7) is -1.06. The van der Waals surface area contributed by atoms with Crippen LogP contribution in [0.4, 0.5) is 13.6 Å². The minimum Gasteiger partial charge on any atom is -0.489 e. The lowest BCUT2D eigenvalue weighted by Crippen LogP contribution is -2.46. The molecule has 0 bridgehead atoms. The molecule has 1 aromatic heterocycles. The van der Waals surface area contributed by atoms with Gasteiger partial charge in [-0.05, 0) is 50.3 Å². The van der Waals surface area contributed by atoms with Crippen LogP contribution in [-0.2, 0) is 9.53 Å². The molecule has 0 unspecified atom stereocenters. The number of carbonyl (C=O) groups is 3. The second-order valence-corrected chi connectivity index (χ2v) is 10.1. The van der Waals surface area contributed by atoms with E-state index in [2.05, 4.69) is 19.8 Å². The van der Waals surface area contributed by atoms with Crippen LogP contribution < -0.4 is 20.5 Å². The largest absolute Gasteiger partial charge is 0.489 e. The Morgan fingerprint density at radius 3 is 2.58 bits per heavy atom. The monoisotopic (exact) mass is 565 g/mol. The van der Waals surface area contributed by atoms with Gasteiger partial charge in [0, 0.05) is 26.2 Å². The molecule has 0 radical (unpaired) electrons. The minimum atomic E-state index is -3.04. The predicted molar refractivity (Wildman–Crippen MR) is 137 cm³/mol. The Hall–Kier alpha value is -3.94. The molecule has 14 heteroatoms. The first-order valence-electron chi connectivity index (χ1n) is 12.8. The molecule has 1 saturated heterocycles. The molecule has 2 fully saturated rings. The lowest BCUT2D eigenvalue weighted by atomic mass is 10.1. The van der Waals surface area contributed by atoms with Crippen LogP contribution in [0.2, 0.25) is 0 Å². The van der Waals surface area contributed by atoms with E-state index in [0.717, 1.165) is 12.8 Å². The molecule has 218 valence electrons. The molecule has 12 nitrogen and oxygen atoms in total. The number of aromatic nitrogens is 1. The third-order valence-corrected chi connectivity index (χ3v) is 6.64. The number of rotatable bonds is 10. The van der Waals surface area contributed by atoms with Crippen LogP contribution >= 0.6 is 0 Å². The number of halogens is 2. The molecule has 3 N–H and O–H groups in total.